The molecule has 0 aliphatic carbocycles. The number of aromatic carboxylic acids is 1. The van der Waals surface area contributed by atoms with Crippen LogP contribution in [-0.4, -0.2) is 34.7 Å². The van der Waals surface area contributed by atoms with E-state index in [1.807, 2.05) is 49.4 Å². The highest BCUT2D eigenvalue weighted by Gasteiger charge is 2.35. The van der Waals surface area contributed by atoms with Crippen molar-refractivity contribution in [3.63, 3.8) is 0 Å². The summed E-state index contributed by atoms with van der Waals surface area (Å²) in [5.41, 5.74) is 2.02. The molecule has 0 radical (unpaired) electrons. The van der Waals surface area contributed by atoms with Gasteiger partial charge in [0.2, 0.25) is 0 Å². The van der Waals surface area contributed by atoms with Gasteiger partial charge in [0.25, 0.3) is 0 Å². The molecule has 1 aliphatic heterocycles. The quantitative estimate of drug-likeness (QED) is 0.917. The molecule has 1 amide bonds. The van der Waals surface area contributed by atoms with Gasteiger partial charge in [0.15, 0.2) is 0 Å². The highest BCUT2D eigenvalue weighted by Crippen LogP contribution is 2.33. The van der Waals surface area contributed by atoms with E-state index in [0.29, 0.717) is 12.1 Å². The van der Waals surface area contributed by atoms with E-state index in [-0.39, 0.29) is 24.7 Å². The van der Waals surface area contributed by atoms with Crippen LogP contribution in [0.5, 0.6) is 0 Å². The van der Waals surface area contributed by atoms with Crippen molar-refractivity contribution in [2.45, 2.75) is 31.9 Å². The van der Waals surface area contributed by atoms with Crippen molar-refractivity contribution in [1.29, 1.82) is 0 Å². The number of nitrogens with zero attached hydrogens (tertiary/aromatic N) is 1. The molecule has 1 saturated heterocycles. The molecule has 1 heterocycles. The molecule has 2 atom stereocenters. The van der Waals surface area contributed by atoms with Crippen molar-refractivity contribution in [3.05, 3.63) is 71.3 Å². The van der Waals surface area contributed by atoms with Crippen LogP contribution < -0.4 is 0 Å². The Bertz CT molecular complexity index is 759. The molecule has 0 spiro atoms. The zero-order chi connectivity index (χ0) is 17.8. The summed E-state index contributed by atoms with van der Waals surface area (Å²) in [7, 11) is 0. The first-order valence-corrected chi connectivity index (χ1v) is 8.36. The number of amides is 1. The maximum absolute atomic E-state index is 12.4. The standard InChI is InChI=1S/C20H21NO4/c1-14-11-16(17-9-5-6-10-18(17)19(22)23)12-21(14)20(24)25-13-15-7-3-2-4-8-15/h2-10,14,16H,11-13H2,1H3,(H,22,23)/t14-,16-/m0/s1. The SMILES string of the molecule is C[C@H]1C[C@H](c2ccccc2C(=O)O)CN1C(=O)OCc1ccccc1. The molecule has 3 rings (SSSR count). The summed E-state index contributed by atoms with van der Waals surface area (Å²) < 4.78 is 5.41. The molecule has 0 saturated carbocycles. The molecule has 5 heteroatoms. The molecule has 1 fully saturated rings. The summed E-state index contributed by atoms with van der Waals surface area (Å²) in [6, 6.07) is 16.5. The van der Waals surface area contributed by atoms with Gasteiger partial charge in [-0.15, -0.1) is 0 Å². The van der Waals surface area contributed by atoms with Crippen molar-refractivity contribution in [1.82, 2.24) is 4.90 Å². The molecule has 5 nitrogen and oxygen atoms in total. The Hall–Kier alpha value is -2.82. The number of benzene rings is 2. The van der Waals surface area contributed by atoms with E-state index >= 15 is 0 Å². The molecule has 2 aromatic rings. The van der Waals surface area contributed by atoms with Crippen LogP contribution in [0.3, 0.4) is 0 Å². The second-order valence-electron chi connectivity index (χ2n) is 6.37. The minimum Gasteiger partial charge on any atom is -0.478 e. The molecule has 0 aromatic heterocycles. The third-order valence-corrected chi connectivity index (χ3v) is 4.65. The highest BCUT2D eigenvalue weighted by molar-refractivity contribution is 5.89. The maximum atomic E-state index is 12.4. The van der Waals surface area contributed by atoms with Gasteiger partial charge in [-0.25, -0.2) is 9.59 Å². The number of carboxylic acid groups (broad SMARTS) is 1. The summed E-state index contributed by atoms with van der Waals surface area (Å²) in [6.07, 6.45) is 0.372. The average molecular weight is 339 g/mol. The molecule has 0 bridgehead atoms. The lowest BCUT2D eigenvalue weighted by molar-refractivity contribution is 0.0695. The first-order valence-electron chi connectivity index (χ1n) is 8.36. The van der Waals surface area contributed by atoms with Gasteiger partial charge < -0.3 is 14.7 Å². The Balaban J connectivity index is 1.67. The molecule has 25 heavy (non-hydrogen) atoms. The summed E-state index contributed by atoms with van der Waals surface area (Å²) in [4.78, 5) is 25.5. The fraction of sp³-hybridized carbons (Fsp3) is 0.300. The number of carbonyl (C=O) groups is 2. The van der Waals surface area contributed by atoms with Crippen molar-refractivity contribution >= 4 is 12.1 Å². The third kappa shape index (κ3) is 3.82. The van der Waals surface area contributed by atoms with E-state index < -0.39 is 5.97 Å². The van der Waals surface area contributed by atoms with Crippen LogP contribution in [0, 0.1) is 0 Å². The monoisotopic (exact) mass is 339 g/mol. The van der Waals surface area contributed by atoms with Crippen molar-refractivity contribution in [2.75, 3.05) is 6.54 Å². The smallest absolute Gasteiger partial charge is 0.410 e. The summed E-state index contributed by atoms with van der Waals surface area (Å²) >= 11 is 0. The fourth-order valence-electron chi connectivity index (χ4n) is 3.36. The van der Waals surface area contributed by atoms with Gasteiger partial charge >= 0.3 is 12.1 Å². The van der Waals surface area contributed by atoms with Crippen molar-refractivity contribution in [2.24, 2.45) is 0 Å². The average Bonchev–Trinajstić information content (AvgIpc) is 3.02. The van der Waals surface area contributed by atoms with E-state index in [1.54, 1.807) is 17.0 Å². The van der Waals surface area contributed by atoms with E-state index in [2.05, 4.69) is 0 Å². The normalized spacial score (nSPS) is 19.6. The van der Waals surface area contributed by atoms with E-state index in [1.165, 1.54) is 0 Å². The van der Waals surface area contributed by atoms with Crippen LogP contribution >= 0.6 is 0 Å². The number of likely N-dealkylation sites (tertiary alicyclic amines) is 1. The van der Waals surface area contributed by atoms with Crippen LogP contribution in [0.15, 0.2) is 54.6 Å². The van der Waals surface area contributed by atoms with Gasteiger partial charge in [-0.05, 0) is 30.5 Å². The topological polar surface area (TPSA) is 66.8 Å². The van der Waals surface area contributed by atoms with Gasteiger partial charge in [0.1, 0.15) is 6.61 Å². The number of carbonyl (C=O) groups excluding carboxylic acids is 1. The fourth-order valence-corrected chi connectivity index (χ4v) is 3.36. The molecule has 0 unspecified atom stereocenters. The number of hydrogen-bond donors (Lipinski definition) is 1. The summed E-state index contributed by atoms with van der Waals surface area (Å²) in [5, 5.41) is 9.37. The Morgan fingerprint density at radius 1 is 1.12 bits per heavy atom. The molecule has 1 N–H and O–H groups in total. The second-order valence-corrected chi connectivity index (χ2v) is 6.37. The lowest BCUT2D eigenvalue weighted by atomic mass is 9.92. The Kier molecular flexibility index (Phi) is 5.03. The maximum Gasteiger partial charge on any atom is 0.410 e. The Morgan fingerprint density at radius 3 is 2.52 bits per heavy atom. The van der Waals surface area contributed by atoms with Crippen LogP contribution in [0.1, 0.15) is 40.7 Å². The van der Waals surface area contributed by atoms with E-state index in [4.69, 9.17) is 4.74 Å². The molecular weight excluding hydrogens is 318 g/mol. The number of rotatable bonds is 4. The van der Waals surface area contributed by atoms with E-state index in [9.17, 15) is 14.7 Å². The zero-order valence-corrected chi connectivity index (χ0v) is 14.1. The predicted octanol–water partition coefficient (Wildman–Crippen LogP) is 3.90. The minimum atomic E-state index is -0.937. The Morgan fingerprint density at radius 2 is 1.80 bits per heavy atom. The van der Waals surface area contributed by atoms with Gasteiger partial charge in [-0.2, -0.15) is 0 Å². The van der Waals surface area contributed by atoms with Gasteiger partial charge in [0, 0.05) is 18.5 Å². The summed E-state index contributed by atoms with van der Waals surface area (Å²) in [5.74, 6) is -0.931. The van der Waals surface area contributed by atoms with Gasteiger partial charge in [0.05, 0.1) is 5.56 Å². The number of hydrogen-bond acceptors (Lipinski definition) is 3. The highest BCUT2D eigenvalue weighted by atomic mass is 16.6. The molecule has 2 aromatic carbocycles. The van der Waals surface area contributed by atoms with Crippen LogP contribution in [0.2, 0.25) is 0 Å². The molecule has 1 aliphatic rings. The zero-order valence-electron chi connectivity index (χ0n) is 14.1. The first-order chi connectivity index (χ1) is 12.1. The van der Waals surface area contributed by atoms with Crippen LogP contribution in [0.25, 0.3) is 0 Å². The van der Waals surface area contributed by atoms with Gasteiger partial charge in [-0.1, -0.05) is 48.5 Å². The van der Waals surface area contributed by atoms with Crippen molar-refractivity contribution in [3.8, 4) is 0 Å². The lowest BCUT2D eigenvalue weighted by Gasteiger charge is -2.21. The minimum absolute atomic E-state index is 0.00609. The number of carboxylic acids is 1. The molecule has 130 valence electrons. The largest absolute Gasteiger partial charge is 0.478 e. The second kappa shape index (κ2) is 7.38. The third-order valence-electron chi connectivity index (χ3n) is 4.65. The lowest BCUT2D eigenvalue weighted by Crippen LogP contribution is -2.34. The van der Waals surface area contributed by atoms with Crippen LogP contribution in [-0.2, 0) is 11.3 Å². The molecular formula is C20H21NO4. The van der Waals surface area contributed by atoms with Crippen molar-refractivity contribution < 1.29 is 19.4 Å². The van der Waals surface area contributed by atoms with Crippen LogP contribution in [0.4, 0.5) is 4.79 Å². The number of ether oxygens (including phenoxy) is 1. The first kappa shape index (κ1) is 17.0. The Labute approximate surface area is 146 Å². The summed E-state index contributed by atoms with van der Waals surface area (Å²) in [6.45, 7) is 2.67. The predicted molar refractivity (Wildman–Crippen MR) is 93.6 cm³/mol. The van der Waals surface area contributed by atoms with Gasteiger partial charge in [-0.3, -0.25) is 0 Å². The van der Waals surface area contributed by atoms with E-state index in [0.717, 1.165) is 17.5 Å².